The number of hydrogen-bond donors (Lipinski definition) is 2. The first-order chi connectivity index (χ1) is 10.7. The molecule has 0 aliphatic rings. The standard InChI is InChI=1S/C15H19N3OS3/c1-9-12(6-10(16)8-19-2)21-14-13(9)18-22-15(14)17-7-11-4-3-5-20-11/h3-5,10,17H,6-8,16H2,1-2H3/t10-/m1/s1. The summed E-state index contributed by atoms with van der Waals surface area (Å²) in [5, 5.41) is 6.77. The van der Waals surface area contributed by atoms with Gasteiger partial charge >= 0.3 is 0 Å². The number of ether oxygens (including phenoxy) is 1. The van der Waals surface area contributed by atoms with Gasteiger partial charge in [-0.25, -0.2) is 0 Å². The molecule has 0 aliphatic carbocycles. The fraction of sp³-hybridized carbons (Fsp3) is 0.400. The molecule has 0 aromatic carbocycles. The molecule has 0 aliphatic heterocycles. The molecular weight excluding hydrogens is 334 g/mol. The maximum absolute atomic E-state index is 6.09. The number of rotatable bonds is 7. The van der Waals surface area contributed by atoms with E-state index in [0.29, 0.717) is 6.61 Å². The summed E-state index contributed by atoms with van der Waals surface area (Å²) in [6, 6.07) is 4.26. The van der Waals surface area contributed by atoms with Crippen LogP contribution in [0.25, 0.3) is 10.2 Å². The van der Waals surface area contributed by atoms with Gasteiger partial charge in [-0.2, -0.15) is 4.37 Å². The molecule has 3 aromatic rings. The van der Waals surface area contributed by atoms with Crippen LogP contribution in [-0.4, -0.2) is 24.1 Å². The lowest BCUT2D eigenvalue weighted by molar-refractivity contribution is 0.180. The molecule has 0 spiro atoms. The van der Waals surface area contributed by atoms with Crippen molar-refractivity contribution in [2.45, 2.75) is 25.9 Å². The highest BCUT2D eigenvalue weighted by Gasteiger charge is 2.17. The molecule has 7 heteroatoms. The Bertz CT molecular complexity index is 733. The van der Waals surface area contributed by atoms with Gasteiger partial charge < -0.3 is 15.8 Å². The molecule has 0 fully saturated rings. The van der Waals surface area contributed by atoms with Crippen LogP contribution >= 0.6 is 34.2 Å². The number of nitrogens with two attached hydrogens (primary N) is 1. The average Bonchev–Trinajstić information content (AvgIpc) is 3.18. The predicted octanol–water partition coefficient (Wildman–Crippen LogP) is 3.86. The summed E-state index contributed by atoms with van der Waals surface area (Å²) in [4.78, 5) is 2.64. The van der Waals surface area contributed by atoms with Crippen molar-refractivity contribution in [3.8, 4) is 0 Å². The van der Waals surface area contributed by atoms with Crippen LogP contribution in [0.2, 0.25) is 0 Å². The summed E-state index contributed by atoms with van der Waals surface area (Å²) in [7, 11) is 1.69. The minimum absolute atomic E-state index is 0.0395. The zero-order chi connectivity index (χ0) is 15.5. The lowest BCUT2D eigenvalue weighted by atomic mass is 10.1. The van der Waals surface area contributed by atoms with Crippen molar-refractivity contribution in [1.82, 2.24) is 4.37 Å². The van der Waals surface area contributed by atoms with Crippen LogP contribution in [0.1, 0.15) is 15.3 Å². The zero-order valence-corrected chi connectivity index (χ0v) is 15.0. The molecule has 0 amide bonds. The Hall–Kier alpha value is -0.990. The van der Waals surface area contributed by atoms with Gasteiger partial charge in [0.1, 0.15) is 10.5 Å². The van der Waals surface area contributed by atoms with Gasteiger partial charge in [0.05, 0.1) is 17.9 Å². The van der Waals surface area contributed by atoms with Gasteiger partial charge in [-0.15, -0.1) is 22.7 Å². The first-order valence-corrected chi connectivity index (χ1v) is 9.54. The molecule has 3 aromatic heterocycles. The molecule has 3 rings (SSSR count). The quantitative estimate of drug-likeness (QED) is 0.677. The zero-order valence-electron chi connectivity index (χ0n) is 12.6. The average molecular weight is 354 g/mol. The van der Waals surface area contributed by atoms with Crippen molar-refractivity contribution in [2.24, 2.45) is 5.73 Å². The number of aryl methyl sites for hydroxylation is 1. The molecule has 0 unspecified atom stereocenters. The summed E-state index contributed by atoms with van der Waals surface area (Å²) in [6.07, 6.45) is 0.843. The minimum Gasteiger partial charge on any atom is -0.383 e. The van der Waals surface area contributed by atoms with E-state index in [2.05, 4.69) is 34.1 Å². The third-order valence-electron chi connectivity index (χ3n) is 3.48. The van der Waals surface area contributed by atoms with E-state index in [-0.39, 0.29) is 6.04 Å². The fourth-order valence-corrected chi connectivity index (χ4v) is 5.27. The van der Waals surface area contributed by atoms with Crippen LogP contribution in [0.15, 0.2) is 17.5 Å². The van der Waals surface area contributed by atoms with Gasteiger partial charge in [0.15, 0.2) is 0 Å². The minimum atomic E-state index is 0.0395. The van der Waals surface area contributed by atoms with E-state index in [1.54, 1.807) is 41.3 Å². The van der Waals surface area contributed by atoms with Gasteiger partial charge in [-0.05, 0) is 41.9 Å². The molecule has 4 nitrogen and oxygen atoms in total. The van der Waals surface area contributed by atoms with Crippen molar-refractivity contribution >= 4 is 49.4 Å². The van der Waals surface area contributed by atoms with Crippen molar-refractivity contribution in [3.63, 3.8) is 0 Å². The van der Waals surface area contributed by atoms with E-state index in [1.165, 1.54) is 20.0 Å². The summed E-state index contributed by atoms with van der Waals surface area (Å²) in [6.45, 7) is 3.57. The number of anilines is 1. The Labute approximate surface area is 142 Å². The number of nitrogens with zero attached hydrogens (tertiary/aromatic N) is 1. The van der Waals surface area contributed by atoms with Gasteiger partial charge in [-0.3, -0.25) is 0 Å². The molecule has 0 radical (unpaired) electrons. The number of aromatic nitrogens is 1. The molecular formula is C15H19N3OS3. The van der Waals surface area contributed by atoms with E-state index < -0.39 is 0 Å². The van der Waals surface area contributed by atoms with Crippen molar-refractivity contribution < 1.29 is 4.74 Å². The first-order valence-electron chi connectivity index (χ1n) is 7.07. The lowest BCUT2D eigenvalue weighted by Crippen LogP contribution is -2.27. The Morgan fingerprint density at radius 3 is 3.05 bits per heavy atom. The SMILES string of the molecule is COC[C@H](N)Cc1sc2c(NCc3cccs3)snc2c1C. The van der Waals surface area contributed by atoms with Crippen molar-refractivity contribution in [2.75, 3.05) is 19.0 Å². The second kappa shape index (κ2) is 7.06. The van der Waals surface area contributed by atoms with Gasteiger partial charge in [0.2, 0.25) is 0 Å². The third-order valence-corrected chi connectivity index (χ3v) is 6.61. The van der Waals surface area contributed by atoms with Crippen molar-refractivity contribution in [1.29, 1.82) is 0 Å². The van der Waals surface area contributed by atoms with E-state index in [0.717, 1.165) is 23.5 Å². The highest BCUT2D eigenvalue weighted by Crippen LogP contribution is 2.39. The number of methoxy groups -OCH3 is 1. The Kier molecular flexibility index (Phi) is 5.10. The monoisotopic (exact) mass is 353 g/mol. The van der Waals surface area contributed by atoms with Crippen LogP contribution in [0.5, 0.6) is 0 Å². The second-order valence-electron chi connectivity index (χ2n) is 5.19. The van der Waals surface area contributed by atoms with Crippen LogP contribution in [0, 0.1) is 6.92 Å². The number of fused-ring (bicyclic) bond motifs is 1. The van der Waals surface area contributed by atoms with Crippen LogP contribution in [0.4, 0.5) is 5.00 Å². The van der Waals surface area contributed by atoms with Gasteiger partial charge in [0, 0.05) is 22.9 Å². The van der Waals surface area contributed by atoms with Crippen molar-refractivity contribution in [3.05, 3.63) is 32.8 Å². The van der Waals surface area contributed by atoms with E-state index >= 15 is 0 Å². The van der Waals surface area contributed by atoms with Gasteiger partial charge in [-0.1, -0.05) is 6.07 Å². The molecule has 0 saturated carbocycles. The predicted molar refractivity (Wildman–Crippen MR) is 97.4 cm³/mol. The summed E-state index contributed by atoms with van der Waals surface area (Å²) in [5.41, 5.74) is 8.46. The summed E-state index contributed by atoms with van der Waals surface area (Å²) in [5.74, 6) is 0. The van der Waals surface area contributed by atoms with Crippen LogP contribution in [0.3, 0.4) is 0 Å². The first kappa shape index (κ1) is 15.9. The molecule has 3 N–H and O–H groups in total. The Balaban J connectivity index is 1.78. The highest BCUT2D eigenvalue weighted by atomic mass is 32.1. The lowest BCUT2D eigenvalue weighted by Gasteiger charge is -2.09. The maximum atomic E-state index is 6.09. The molecule has 118 valence electrons. The molecule has 1 atom stereocenters. The number of thiophene rings is 2. The van der Waals surface area contributed by atoms with E-state index in [9.17, 15) is 0 Å². The second-order valence-corrected chi connectivity index (χ2v) is 8.10. The van der Waals surface area contributed by atoms with E-state index in [1.807, 2.05) is 0 Å². The van der Waals surface area contributed by atoms with Crippen LogP contribution < -0.4 is 11.1 Å². The summed E-state index contributed by atoms with van der Waals surface area (Å²) >= 11 is 5.11. The normalized spacial score (nSPS) is 12.9. The van der Waals surface area contributed by atoms with Gasteiger partial charge in [0.25, 0.3) is 0 Å². The third kappa shape index (κ3) is 3.33. The molecule has 0 saturated heterocycles. The molecule has 3 heterocycles. The Morgan fingerprint density at radius 1 is 1.45 bits per heavy atom. The number of hydrogen-bond acceptors (Lipinski definition) is 7. The topological polar surface area (TPSA) is 60.2 Å². The largest absolute Gasteiger partial charge is 0.383 e. The highest BCUT2D eigenvalue weighted by molar-refractivity contribution is 7.24. The Morgan fingerprint density at radius 2 is 2.32 bits per heavy atom. The fourth-order valence-electron chi connectivity index (χ4n) is 2.35. The number of nitrogens with one attached hydrogen (secondary N) is 1. The summed E-state index contributed by atoms with van der Waals surface area (Å²) < 4.78 is 11.0. The smallest absolute Gasteiger partial charge is 0.127 e. The van der Waals surface area contributed by atoms with Crippen LogP contribution in [-0.2, 0) is 17.7 Å². The van der Waals surface area contributed by atoms with E-state index in [4.69, 9.17) is 10.5 Å². The molecule has 22 heavy (non-hydrogen) atoms. The maximum Gasteiger partial charge on any atom is 0.127 e. The molecule has 0 bridgehead atoms.